The van der Waals surface area contributed by atoms with E-state index in [1.165, 1.54) is 5.56 Å². The van der Waals surface area contributed by atoms with Gasteiger partial charge in [-0.1, -0.05) is 46.8 Å². The molecule has 1 atom stereocenters. The number of aromatic nitrogens is 2. The highest BCUT2D eigenvalue weighted by Crippen LogP contribution is 2.27. The molecule has 0 radical (unpaired) electrons. The van der Waals surface area contributed by atoms with E-state index in [-0.39, 0.29) is 23.1 Å². The Morgan fingerprint density at radius 1 is 1.00 bits per heavy atom. The Morgan fingerprint density at radius 2 is 1.68 bits per heavy atom. The van der Waals surface area contributed by atoms with Gasteiger partial charge in [0.05, 0.1) is 5.39 Å². The van der Waals surface area contributed by atoms with Gasteiger partial charge in [-0.25, -0.2) is 9.97 Å². The van der Waals surface area contributed by atoms with E-state index >= 15 is 0 Å². The molecule has 34 heavy (non-hydrogen) atoms. The minimum Gasteiger partial charge on any atom is -0.352 e. The molecule has 1 saturated heterocycles. The predicted molar refractivity (Wildman–Crippen MR) is 137 cm³/mol. The van der Waals surface area contributed by atoms with Gasteiger partial charge in [-0.3, -0.25) is 9.59 Å². The number of hydrogen-bond acceptors (Lipinski definition) is 6. The van der Waals surface area contributed by atoms with Crippen LogP contribution in [0.25, 0.3) is 10.2 Å². The second-order valence-corrected chi connectivity index (χ2v) is 11.1. The second-order valence-electron chi connectivity index (χ2n) is 10.2. The third-order valence-corrected chi connectivity index (χ3v) is 7.18. The van der Waals surface area contributed by atoms with Gasteiger partial charge in [0, 0.05) is 31.7 Å². The van der Waals surface area contributed by atoms with Crippen LogP contribution in [-0.2, 0) is 10.2 Å². The topological polar surface area (TPSA) is 78.4 Å². The number of hydrogen-bond donors (Lipinski definition) is 1. The molecule has 1 aliphatic rings. The number of nitrogens with one attached hydrogen (secondary N) is 1. The summed E-state index contributed by atoms with van der Waals surface area (Å²) in [6.07, 6.45) is 1.60. The molecule has 2 amide bonds. The van der Waals surface area contributed by atoms with Crippen molar-refractivity contribution in [1.29, 1.82) is 0 Å². The number of nitrogens with zero attached hydrogens (tertiary/aromatic N) is 4. The lowest BCUT2D eigenvalue weighted by atomic mass is 9.86. The minimum atomic E-state index is -0.566. The van der Waals surface area contributed by atoms with Gasteiger partial charge < -0.3 is 15.1 Å². The van der Waals surface area contributed by atoms with Gasteiger partial charge in [0.1, 0.15) is 23.0 Å². The van der Waals surface area contributed by atoms with E-state index in [1.807, 2.05) is 54.5 Å². The molecule has 3 aromatic rings. The number of benzene rings is 1. The molecule has 0 bridgehead atoms. The molecule has 1 unspecified atom stereocenters. The summed E-state index contributed by atoms with van der Waals surface area (Å²) in [5, 5.41) is 6.06. The highest BCUT2D eigenvalue weighted by atomic mass is 32.1. The number of rotatable bonds is 5. The maximum atomic E-state index is 13.4. The average molecular weight is 480 g/mol. The largest absolute Gasteiger partial charge is 0.352 e. The van der Waals surface area contributed by atoms with Crippen molar-refractivity contribution in [3.63, 3.8) is 0 Å². The second kappa shape index (κ2) is 9.70. The third-order valence-electron chi connectivity index (χ3n) is 6.36. The molecule has 1 N–H and O–H groups in total. The van der Waals surface area contributed by atoms with Crippen molar-refractivity contribution in [2.45, 2.75) is 46.1 Å². The Hall–Kier alpha value is -3.00. The summed E-state index contributed by atoms with van der Waals surface area (Å²) in [7, 11) is 0. The van der Waals surface area contributed by atoms with E-state index < -0.39 is 6.04 Å². The van der Waals surface area contributed by atoms with Crippen LogP contribution in [0.3, 0.4) is 0 Å². The fourth-order valence-electron chi connectivity index (χ4n) is 4.22. The summed E-state index contributed by atoms with van der Waals surface area (Å²) in [6.45, 7) is 12.9. The zero-order valence-corrected chi connectivity index (χ0v) is 21.4. The van der Waals surface area contributed by atoms with Crippen molar-refractivity contribution < 1.29 is 9.59 Å². The first-order valence-corrected chi connectivity index (χ1v) is 12.7. The molecule has 0 aliphatic carbocycles. The summed E-state index contributed by atoms with van der Waals surface area (Å²) in [6, 6.07) is 9.12. The lowest BCUT2D eigenvalue weighted by Gasteiger charge is -2.38. The standard InChI is InChI=1S/C26H33N5O2S/c1-17(2)21(29-23(32)18-6-8-19(9-7-18)26(3,4)5)25(33)31-13-11-30(12-14-31)22-20-10-15-34-24(20)28-16-27-22/h6-10,15-17,21H,11-14H2,1-5H3,(H,29,32). The van der Waals surface area contributed by atoms with Crippen molar-refractivity contribution >= 4 is 39.2 Å². The van der Waals surface area contributed by atoms with E-state index in [9.17, 15) is 9.59 Å². The van der Waals surface area contributed by atoms with Gasteiger partial charge in [0.15, 0.2) is 0 Å². The van der Waals surface area contributed by atoms with Crippen molar-refractivity contribution in [3.8, 4) is 0 Å². The van der Waals surface area contributed by atoms with Crippen LogP contribution in [0, 0.1) is 5.92 Å². The summed E-state index contributed by atoms with van der Waals surface area (Å²) in [5.74, 6) is 0.658. The summed E-state index contributed by atoms with van der Waals surface area (Å²) >= 11 is 1.60. The molecule has 4 rings (SSSR count). The molecule has 1 fully saturated rings. The Bertz CT molecular complexity index is 1160. The summed E-state index contributed by atoms with van der Waals surface area (Å²) < 4.78 is 0. The number of amides is 2. The van der Waals surface area contributed by atoms with Crippen molar-refractivity contribution in [2.24, 2.45) is 5.92 Å². The highest BCUT2D eigenvalue weighted by Gasteiger charge is 2.31. The number of anilines is 1. The van der Waals surface area contributed by atoms with Gasteiger partial charge in [-0.15, -0.1) is 11.3 Å². The number of thiophene rings is 1. The molecule has 8 heteroatoms. The molecule has 1 aliphatic heterocycles. The third kappa shape index (κ3) is 5.06. The molecule has 180 valence electrons. The van der Waals surface area contributed by atoms with E-state index in [4.69, 9.17) is 0 Å². The molecular formula is C26H33N5O2S. The molecule has 2 aromatic heterocycles. The van der Waals surface area contributed by atoms with Crippen LogP contribution in [0.4, 0.5) is 5.82 Å². The molecule has 3 heterocycles. The minimum absolute atomic E-state index is 0.0179. The van der Waals surface area contributed by atoms with Crippen molar-refractivity contribution in [2.75, 3.05) is 31.1 Å². The van der Waals surface area contributed by atoms with Crippen LogP contribution < -0.4 is 10.2 Å². The van der Waals surface area contributed by atoms with Gasteiger partial charge in [0.2, 0.25) is 5.91 Å². The Balaban J connectivity index is 1.40. The van der Waals surface area contributed by atoms with E-state index in [2.05, 4.69) is 41.0 Å². The fourth-order valence-corrected chi connectivity index (χ4v) is 4.95. The molecule has 1 aromatic carbocycles. The Morgan fingerprint density at radius 3 is 2.29 bits per heavy atom. The molecule has 0 spiro atoms. The smallest absolute Gasteiger partial charge is 0.251 e. The van der Waals surface area contributed by atoms with Gasteiger partial charge >= 0.3 is 0 Å². The SMILES string of the molecule is CC(C)C(NC(=O)c1ccc(C(C)(C)C)cc1)C(=O)N1CCN(c2ncnc3sccc23)CC1. The average Bonchev–Trinajstić information content (AvgIpc) is 3.30. The summed E-state index contributed by atoms with van der Waals surface area (Å²) in [5.41, 5.74) is 1.76. The Kier molecular flexibility index (Phi) is 6.89. The van der Waals surface area contributed by atoms with E-state index in [0.29, 0.717) is 31.7 Å². The zero-order valence-electron chi connectivity index (χ0n) is 20.5. The highest BCUT2D eigenvalue weighted by molar-refractivity contribution is 7.16. The van der Waals surface area contributed by atoms with Crippen LogP contribution in [0.2, 0.25) is 0 Å². The van der Waals surface area contributed by atoms with Crippen molar-refractivity contribution in [1.82, 2.24) is 20.2 Å². The first-order valence-electron chi connectivity index (χ1n) is 11.8. The van der Waals surface area contributed by atoms with E-state index in [1.54, 1.807) is 17.7 Å². The number of carbonyl (C=O) groups is 2. The predicted octanol–water partition coefficient (Wildman–Crippen LogP) is 4.09. The molecule has 0 saturated carbocycles. The zero-order chi connectivity index (χ0) is 24.5. The van der Waals surface area contributed by atoms with Crippen LogP contribution in [-0.4, -0.2) is 58.9 Å². The van der Waals surface area contributed by atoms with Crippen molar-refractivity contribution in [3.05, 3.63) is 53.2 Å². The first kappa shape index (κ1) is 24.1. The first-order chi connectivity index (χ1) is 16.1. The quantitative estimate of drug-likeness (QED) is 0.596. The van der Waals surface area contributed by atoms with Crippen LogP contribution in [0.5, 0.6) is 0 Å². The maximum absolute atomic E-state index is 13.4. The van der Waals surface area contributed by atoms with Crippen LogP contribution >= 0.6 is 11.3 Å². The normalized spacial score (nSPS) is 15.6. The van der Waals surface area contributed by atoms with Gasteiger partial charge in [0.25, 0.3) is 5.91 Å². The monoisotopic (exact) mass is 479 g/mol. The number of piperazine rings is 1. The fraction of sp³-hybridized carbons (Fsp3) is 0.462. The number of carbonyl (C=O) groups excluding carboxylic acids is 2. The van der Waals surface area contributed by atoms with Gasteiger partial charge in [-0.2, -0.15) is 0 Å². The maximum Gasteiger partial charge on any atom is 0.251 e. The molecule has 7 nitrogen and oxygen atoms in total. The number of fused-ring (bicyclic) bond motifs is 1. The summed E-state index contributed by atoms with van der Waals surface area (Å²) in [4.78, 5) is 40.2. The Labute approximate surface area is 205 Å². The van der Waals surface area contributed by atoms with Crippen LogP contribution in [0.15, 0.2) is 42.0 Å². The lowest BCUT2D eigenvalue weighted by molar-refractivity contribution is -0.134. The van der Waals surface area contributed by atoms with Gasteiger partial charge in [-0.05, 0) is 40.5 Å². The lowest BCUT2D eigenvalue weighted by Crippen LogP contribution is -2.56. The van der Waals surface area contributed by atoms with Crippen LogP contribution in [0.1, 0.15) is 50.5 Å². The van der Waals surface area contributed by atoms with E-state index in [0.717, 1.165) is 16.0 Å². The molecular weight excluding hydrogens is 446 g/mol.